The van der Waals surface area contributed by atoms with Gasteiger partial charge in [-0.15, -0.1) is 0 Å². The van der Waals surface area contributed by atoms with Gasteiger partial charge in [0.1, 0.15) is 5.82 Å². The molecule has 0 aromatic heterocycles. The van der Waals surface area contributed by atoms with E-state index in [2.05, 4.69) is 15.6 Å². The molecular weight excluding hydrogens is 325 g/mol. The number of nitrogens with zero attached hydrogens (tertiary/aromatic N) is 1. The van der Waals surface area contributed by atoms with Crippen molar-refractivity contribution in [1.29, 1.82) is 0 Å². The molecule has 1 aliphatic heterocycles. The predicted molar refractivity (Wildman–Crippen MR) is 95.1 cm³/mol. The second kappa shape index (κ2) is 11.0. The second-order valence-electron chi connectivity index (χ2n) is 5.92. The van der Waals surface area contributed by atoms with Crippen molar-refractivity contribution in [2.75, 3.05) is 39.5 Å². The lowest BCUT2D eigenvalue weighted by Crippen LogP contribution is -2.38. The van der Waals surface area contributed by atoms with Crippen LogP contribution in [-0.4, -0.2) is 56.6 Å². The highest BCUT2D eigenvalue weighted by Crippen LogP contribution is 2.13. The molecule has 1 saturated heterocycles. The Morgan fingerprint density at radius 2 is 2.20 bits per heavy atom. The quantitative estimate of drug-likeness (QED) is 0.357. The summed E-state index contributed by atoms with van der Waals surface area (Å²) in [6.07, 6.45) is 1.30. The van der Waals surface area contributed by atoms with Crippen molar-refractivity contribution in [3.8, 4) is 0 Å². The van der Waals surface area contributed by atoms with Gasteiger partial charge >= 0.3 is 0 Å². The van der Waals surface area contributed by atoms with E-state index < -0.39 is 6.10 Å². The lowest BCUT2D eigenvalue weighted by molar-refractivity contribution is 0.0420. The van der Waals surface area contributed by atoms with E-state index in [1.165, 1.54) is 12.1 Å². The van der Waals surface area contributed by atoms with Gasteiger partial charge in [-0.1, -0.05) is 12.1 Å². The standard InChI is InChI=1S/C18H28FN3O3/c1-2-20-18(21-9-3-10-25-16-8-11-24-13-16)22-12-17(23)14-4-6-15(19)7-5-14/h4-7,16-17,23H,2-3,8-13H2,1H3,(H2,20,21,22). The third-order valence-electron chi connectivity index (χ3n) is 3.88. The molecule has 1 aromatic rings. The SMILES string of the molecule is CCNC(=NCC(O)c1ccc(F)cc1)NCCCOC1CCOC1. The summed E-state index contributed by atoms with van der Waals surface area (Å²) in [7, 11) is 0. The Kier molecular flexibility index (Phi) is 8.65. The van der Waals surface area contributed by atoms with E-state index >= 15 is 0 Å². The molecular formula is C18H28FN3O3. The second-order valence-corrected chi connectivity index (χ2v) is 5.92. The van der Waals surface area contributed by atoms with E-state index in [0.717, 1.165) is 32.5 Å². The average Bonchev–Trinajstić information content (AvgIpc) is 3.13. The fraction of sp³-hybridized carbons (Fsp3) is 0.611. The van der Waals surface area contributed by atoms with Gasteiger partial charge in [0.25, 0.3) is 0 Å². The topological polar surface area (TPSA) is 75.1 Å². The van der Waals surface area contributed by atoms with Gasteiger partial charge in [0, 0.05) is 26.3 Å². The Morgan fingerprint density at radius 1 is 1.40 bits per heavy atom. The molecule has 2 unspecified atom stereocenters. The first-order valence-corrected chi connectivity index (χ1v) is 8.84. The van der Waals surface area contributed by atoms with Crippen LogP contribution in [0.5, 0.6) is 0 Å². The Morgan fingerprint density at radius 3 is 2.88 bits per heavy atom. The molecule has 6 nitrogen and oxygen atoms in total. The van der Waals surface area contributed by atoms with E-state index in [1.54, 1.807) is 12.1 Å². The summed E-state index contributed by atoms with van der Waals surface area (Å²) in [5.41, 5.74) is 0.646. The highest BCUT2D eigenvalue weighted by molar-refractivity contribution is 5.79. The van der Waals surface area contributed by atoms with Gasteiger partial charge in [-0.2, -0.15) is 0 Å². The van der Waals surface area contributed by atoms with Crippen LogP contribution in [0.4, 0.5) is 4.39 Å². The Hall–Kier alpha value is -1.70. The van der Waals surface area contributed by atoms with E-state index in [1.807, 2.05) is 6.92 Å². The van der Waals surface area contributed by atoms with Gasteiger partial charge in [-0.3, -0.25) is 4.99 Å². The van der Waals surface area contributed by atoms with Gasteiger partial charge in [0.2, 0.25) is 0 Å². The Bertz CT molecular complexity index is 519. The van der Waals surface area contributed by atoms with Crippen molar-refractivity contribution in [1.82, 2.24) is 10.6 Å². The van der Waals surface area contributed by atoms with E-state index in [-0.39, 0.29) is 18.5 Å². The van der Waals surface area contributed by atoms with Crippen molar-refractivity contribution in [2.45, 2.75) is 32.0 Å². The maximum Gasteiger partial charge on any atom is 0.191 e. The van der Waals surface area contributed by atoms with Gasteiger partial charge in [0.15, 0.2) is 5.96 Å². The number of aliphatic imine (C=N–C) groups is 1. The first-order chi connectivity index (χ1) is 12.2. The number of ether oxygens (including phenoxy) is 2. The van der Waals surface area contributed by atoms with Crippen LogP contribution in [0, 0.1) is 5.82 Å². The first-order valence-electron chi connectivity index (χ1n) is 8.84. The number of aliphatic hydroxyl groups is 1. The fourth-order valence-corrected chi connectivity index (χ4v) is 2.48. The molecule has 1 aromatic carbocycles. The Labute approximate surface area is 148 Å². The summed E-state index contributed by atoms with van der Waals surface area (Å²) in [5.74, 6) is 0.328. The minimum absolute atomic E-state index is 0.205. The fourth-order valence-electron chi connectivity index (χ4n) is 2.48. The molecule has 0 spiro atoms. The largest absolute Gasteiger partial charge is 0.386 e. The number of rotatable bonds is 9. The molecule has 25 heavy (non-hydrogen) atoms. The first kappa shape index (κ1) is 19.6. The lowest BCUT2D eigenvalue weighted by atomic mass is 10.1. The van der Waals surface area contributed by atoms with Gasteiger partial charge < -0.3 is 25.2 Å². The van der Waals surface area contributed by atoms with Crippen LogP contribution < -0.4 is 10.6 Å². The summed E-state index contributed by atoms with van der Waals surface area (Å²) in [4.78, 5) is 4.38. The average molecular weight is 353 g/mol. The zero-order valence-corrected chi connectivity index (χ0v) is 14.7. The third-order valence-corrected chi connectivity index (χ3v) is 3.88. The molecule has 140 valence electrons. The number of benzene rings is 1. The number of nitrogens with one attached hydrogen (secondary N) is 2. The molecule has 7 heteroatoms. The highest BCUT2D eigenvalue weighted by atomic mass is 19.1. The highest BCUT2D eigenvalue weighted by Gasteiger charge is 2.15. The van der Waals surface area contributed by atoms with Crippen molar-refractivity contribution in [3.63, 3.8) is 0 Å². The smallest absolute Gasteiger partial charge is 0.191 e. The molecule has 0 bridgehead atoms. The number of hydrogen-bond donors (Lipinski definition) is 3. The minimum Gasteiger partial charge on any atom is -0.386 e. The van der Waals surface area contributed by atoms with Gasteiger partial charge in [0.05, 0.1) is 25.4 Å². The molecule has 0 amide bonds. The molecule has 0 aliphatic carbocycles. The number of halogens is 1. The summed E-state index contributed by atoms with van der Waals surface area (Å²) < 4.78 is 23.9. The van der Waals surface area contributed by atoms with Crippen LogP contribution in [0.1, 0.15) is 31.4 Å². The molecule has 0 radical (unpaired) electrons. The van der Waals surface area contributed by atoms with Crippen LogP contribution in [-0.2, 0) is 9.47 Å². The summed E-state index contributed by atoms with van der Waals surface area (Å²) in [6.45, 7) is 5.81. The van der Waals surface area contributed by atoms with Crippen molar-refractivity contribution in [3.05, 3.63) is 35.6 Å². The van der Waals surface area contributed by atoms with Crippen LogP contribution in [0.3, 0.4) is 0 Å². The summed E-state index contributed by atoms with van der Waals surface area (Å²) >= 11 is 0. The van der Waals surface area contributed by atoms with Crippen molar-refractivity contribution < 1.29 is 19.0 Å². The van der Waals surface area contributed by atoms with Crippen LogP contribution in [0.15, 0.2) is 29.3 Å². The predicted octanol–water partition coefficient (Wildman–Crippen LogP) is 1.61. The van der Waals surface area contributed by atoms with Crippen LogP contribution >= 0.6 is 0 Å². The van der Waals surface area contributed by atoms with E-state index in [9.17, 15) is 9.50 Å². The molecule has 1 heterocycles. The maximum atomic E-state index is 12.9. The normalized spacial score (nSPS) is 19.0. The molecule has 1 fully saturated rings. The molecule has 1 aliphatic rings. The molecule has 2 atom stereocenters. The zero-order chi connectivity index (χ0) is 17.9. The molecule has 3 N–H and O–H groups in total. The molecule has 0 saturated carbocycles. The van der Waals surface area contributed by atoms with Crippen LogP contribution in [0.2, 0.25) is 0 Å². The number of hydrogen-bond acceptors (Lipinski definition) is 4. The molecule has 2 rings (SSSR count). The van der Waals surface area contributed by atoms with Gasteiger partial charge in [-0.05, 0) is 37.5 Å². The minimum atomic E-state index is -0.762. The van der Waals surface area contributed by atoms with E-state index in [0.29, 0.717) is 24.7 Å². The zero-order valence-electron chi connectivity index (χ0n) is 14.7. The monoisotopic (exact) mass is 353 g/mol. The number of guanidine groups is 1. The van der Waals surface area contributed by atoms with Gasteiger partial charge in [-0.25, -0.2) is 4.39 Å². The summed E-state index contributed by atoms with van der Waals surface area (Å²) in [6, 6.07) is 5.81. The number of aliphatic hydroxyl groups excluding tert-OH is 1. The lowest BCUT2D eigenvalue weighted by Gasteiger charge is -2.14. The van der Waals surface area contributed by atoms with Crippen molar-refractivity contribution in [2.24, 2.45) is 4.99 Å². The van der Waals surface area contributed by atoms with E-state index in [4.69, 9.17) is 9.47 Å². The van der Waals surface area contributed by atoms with Crippen LogP contribution in [0.25, 0.3) is 0 Å². The third kappa shape index (κ3) is 7.37. The summed E-state index contributed by atoms with van der Waals surface area (Å²) in [5, 5.41) is 16.5. The van der Waals surface area contributed by atoms with Crippen molar-refractivity contribution >= 4 is 5.96 Å². The Balaban J connectivity index is 1.70. The maximum absolute atomic E-state index is 12.9.